The van der Waals surface area contributed by atoms with E-state index in [1.54, 1.807) is 30.3 Å². The topological polar surface area (TPSA) is 96.7 Å². The van der Waals surface area contributed by atoms with Crippen LogP contribution in [-0.4, -0.2) is 35.8 Å². The number of carbonyl (C=O) groups is 1. The maximum atomic E-state index is 11.3. The van der Waals surface area contributed by atoms with Gasteiger partial charge in [-0.1, -0.05) is 11.8 Å². The zero-order chi connectivity index (χ0) is 13.4. The molecule has 0 unspecified atom stereocenters. The Morgan fingerprint density at radius 1 is 1.42 bits per heavy atom. The molecule has 0 aliphatic carbocycles. The minimum atomic E-state index is -1.02. The number of aromatic amines is 1. The normalized spacial score (nSPS) is 11.0. The van der Waals surface area contributed by atoms with Crippen LogP contribution in [0.3, 0.4) is 0 Å². The van der Waals surface area contributed by atoms with Gasteiger partial charge in [-0.2, -0.15) is 5.10 Å². The van der Waals surface area contributed by atoms with Crippen LogP contribution in [0.2, 0.25) is 0 Å². The number of hydrogen-bond donors (Lipinski definition) is 2. The first-order chi connectivity index (χ1) is 9.16. The smallest absolute Gasteiger partial charge is 0.338 e. The molecule has 0 spiro atoms. The van der Waals surface area contributed by atoms with Gasteiger partial charge in [-0.3, -0.25) is 4.68 Å². The van der Waals surface area contributed by atoms with Gasteiger partial charge in [0.15, 0.2) is 10.8 Å². The molecule has 0 amide bonds. The molecule has 0 saturated carbocycles. The van der Waals surface area contributed by atoms with Crippen LogP contribution in [-0.2, 0) is 7.05 Å². The SMILES string of the molecule is Cn1ncc2c(Sc3ncc[nH]3)c(C(=O)O)cnc21. The number of fused-ring (bicyclic) bond motifs is 1. The molecule has 3 rings (SSSR count). The van der Waals surface area contributed by atoms with Crippen LogP contribution in [0.4, 0.5) is 0 Å². The van der Waals surface area contributed by atoms with Gasteiger partial charge in [0.05, 0.1) is 17.1 Å². The number of nitrogens with one attached hydrogen (secondary N) is 1. The van der Waals surface area contributed by atoms with E-state index in [1.165, 1.54) is 18.0 Å². The Morgan fingerprint density at radius 3 is 2.95 bits per heavy atom. The summed E-state index contributed by atoms with van der Waals surface area (Å²) in [6.07, 6.45) is 6.26. The van der Waals surface area contributed by atoms with Gasteiger partial charge >= 0.3 is 5.97 Å². The van der Waals surface area contributed by atoms with Crippen LogP contribution in [0.25, 0.3) is 11.0 Å². The molecule has 8 heteroatoms. The van der Waals surface area contributed by atoms with E-state index in [0.29, 0.717) is 21.1 Å². The third kappa shape index (κ3) is 1.95. The van der Waals surface area contributed by atoms with Crippen LogP contribution in [0, 0.1) is 0 Å². The van der Waals surface area contributed by atoms with Crippen molar-refractivity contribution in [1.29, 1.82) is 0 Å². The van der Waals surface area contributed by atoms with Crippen molar-refractivity contribution in [2.45, 2.75) is 10.1 Å². The van der Waals surface area contributed by atoms with Gasteiger partial charge in [0.25, 0.3) is 0 Å². The van der Waals surface area contributed by atoms with E-state index in [2.05, 4.69) is 20.1 Å². The summed E-state index contributed by atoms with van der Waals surface area (Å²) in [5, 5.41) is 14.7. The molecule has 3 aromatic rings. The van der Waals surface area contributed by atoms with E-state index in [0.717, 1.165) is 0 Å². The monoisotopic (exact) mass is 275 g/mol. The molecule has 0 atom stereocenters. The van der Waals surface area contributed by atoms with Gasteiger partial charge in [0.2, 0.25) is 0 Å². The Kier molecular flexibility index (Phi) is 2.71. The molecular weight excluding hydrogens is 266 g/mol. The fourth-order valence-corrected chi connectivity index (χ4v) is 2.68. The minimum absolute atomic E-state index is 0.141. The molecule has 0 radical (unpaired) electrons. The fourth-order valence-electron chi connectivity index (χ4n) is 1.74. The number of imidazole rings is 1. The predicted octanol–water partition coefficient (Wildman–Crippen LogP) is 1.54. The second-order valence-electron chi connectivity index (χ2n) is 3.81. The van der Waals surface area contributed by atoms with Crippen LogP contribution >= 0.6 is 11.8 Å². The van der Waals surface area contributed by atoms with Crippen LogP contribution < -0.4 is 0 Å². The fraction of sp³-hybridized carbons (Fsp3) is 0.0909. The highest BCUT2D eigenvalue weighted by atomic mass is 32.2. The summed E-state index contributed by atoms with van der Waals surface area (Å²) in [7, 11) is 1.76. The summed E-state index contributed by atoms with van der Waals surface area (Å²) in [5.41, 5.74) is 0.779. The van der Waals surface area contributed by atoms with E-state index in [9.17, 15) is 9.90 Å². The zero-order valence-electron chi connectivity index (χ0n) is 9.86. The molecule has 7 nitrogen and oxygen atoms in total. The first-order valence-electron chi connectivity index (χ1n) is 5.38. The van der Waals surface area contributed by atoms with Crippen molar-refractivity contribution < 1.29 is 9.90 Å². The third-order valence-corrected chi connectivity index (χ3v) is 3.68. The lowest BCUT2D eigenvalue weighted by Gasteiger charge is -2.05. The lowest BCUT2D eigenvalue weighted by molar-refractivity contribution is 0.0693. The molecule has 0 aliphatic heterocycles. The van der Waals surface area contributed by atoms with Crippen molar-refractivity contribution in [2.75, 3.05) is 0 Å². The lowest BCUT2D eigenvalue weighted by atomic mass is 10.2. The number of rotatable bonds is 3. The van der Waals surface area contributed by atoms with Gasteiger partial charge < -0.3 is 10.1 Å². The number of aromatic carboxylic acids is 1. The second-order valence-corrected chi connectivity index (χ2v) is 4.81. The molecule has 3 heterocycles. The van der Waals surface area contributed by atoms with Crippen LogP contribution in [0.1, 0.15) is 10.4 Å². The van der Waals surface area contributed by atoms with Crippen molar-refractivity contribution in [1.82, 2.24) is 24.7 Å². The molecule has 0 saturated heterocycles. The highest BCUT2D eigenvalue weighted by Gasteiger charge is 2.18. The largest absolute Gasteiger partial charge is 0.478 e. The van der Waals surface area contributed by atoms with Crippen LogP contribution in [0.15, 0.2) is 34.8 Å². The summed E-state index contributed by atoms with van der Waals surface area (Å²) < 4.78 is 1.60. The number of nitrogens with zero attached hydrogens (tertiary/aromatic N) is 4. The molecular formula is C11H9N5O2S. The van der Waals surface area contributed by atoms with Gasteiger partial charge in [-0.25, -0.2) is 14.8 Å². The van der Waals surface area contributed by atoms with E-state index in [1.807, 2.05) is 0 Å². The van der Waals surface area contributed by atoms with Gasteiger partial charge in [0, 0.05) is 30.5 Å². The molecule has 96 valence electrons. The Hall–Kier alpha value is -2.35. The van der Waals surface area contributed by atoms with Crippen molar-refractivity contribution in [3.05, 3.63) is 30.4 Å². The standard InChI is InChI=1S/C11H9N5O2S/c1-16-9-6(5-15-16)8(7(4-14-9)10(17)18)19-11-12-2-3-13-11/h2-5H,1H3,(H,12,13)(H,17,18). The Bertz CT molecular complexity index is 750. The summed E-state index contributed by atoms with van der Waals surface area (Å²) in [6.45, 7) is 0. The van der Waals surface area contributed by atoms with Crippen molar-refractivity contribution in [3.8, 4) is 0 Å². The number of pyridine rings is 1. The summed E-state index contributed by atoms with van der Waals surface area (Å²) in [6, 6.07) is 0. The number of hydrogen-bond acceptors (Lipinski definition) is 5. The number of H-pyrrole nitrogens is 1. The Balaban J connectivity index is 2.22. The Labute approximate surface area is 111 Å². The molecule has 0 bridgehead atoms. The average Bonchev–Trinajstić information content (AvgIpc) is 3.00. The zero-order valence-corrected chi connectivity index (χ0v) is 10.7. The minimum Gasteiger partial charge on any atom is -0.478 e. The maximum absolute atomic E-state index is 11.3. The van der Waals surface area contributed by atoms with E-state index in [-0.39, 0.29) is 5.56 Å². The number of carboxylic acid groups (broad SMARTS) is 1. The van der Waals surface area contributed by atoms with Gasteiger partial charge in [-0.15, -0.1) is 0 Å². The first kappa shape index (κ1) is 11.7. The molecule has 0 fully saturated rings. The lowest BCUT2D eigenvalue weighted by Crippen LogP contribution is -2.01. The highest BCUT2D eigenvalue weighted by Crippen LogP contribution is 2.33. The molecule has 0 aliphatic rings. The van der Waals surface area contributed by atoms with Crippen molar-refractivity contribution >= 4 is 28.8 Å². The summed E-state index contributed by atoms with van der Waals surface area (Å²) in [4.78, 5) is 23.0. The van der Waals surface area contributed by atoms with E-state index >= 15 is 0 Å². The van der Waals surface area contributed by atoms with Crippen molar-refractivity contribution in [2.24, 2.45) is 7.05 Å². The van der Waals surface area contributed by atoms with E-state index < -0.39 is 5.97 Å². The first-order valence-corrected chi connectivity index (χ1v) is 6.19. The quantitative estimate of drug-likeness (QED) is 0.752. The van der Waals surface area contributed by atoms with Crippen molar-refractivity contribution in [3.63, 3.8) is 0 Å². The summed E-state index contributed by atoms with van der Waals surface area (Å²) >= 11 is 1.25. The molecule has 2 N–H and O–H groups in total. The number of aromatic nitrogens is 5. The highest BCUT2D eigenvalue weighted by molar-refractivity contribution is 7.99. The molecule has 0 aromatic carbocycles. The number of aryl methyl sites for hydroxylation is 1. The average molecular weight is 275 g/mol. The summed E-state index contributed by atoms with van der Waals surface area (Å²) in [5.74, 6) is -1.02. The van der Waals surface area contributed by atoms with Crippen LogP contribution in [0.5, 0.6) is 0 Å². The maximum Gasteiger partial charge on any atom is 0.338 e. The molecule has 19 heavy (non-hydrogen) atoms. The third-order valence-electron chi connectivity index (χ3n) is 2.61. The predicted molar refractivity (Wildman–Crippen MR) is 68.2 cm³/mol. The van der Waals surface area contributed by atoms with Gasteiger partial charge in [-0.05, 0) is 0 Å². The molecule has 3 aromatic heterocycles. The number of carboxylic acids is 1. The Morgan fingerprint density at radius 2 is 2.26 bits per heavy atom. The van der Waals surface area contributed by atoms with E-state index in [4.69, 9.17) is 0 Å². The second kappa shape index (κ2) is 4.39. The van der Waals surface area contributed by atoms with Gasteiger partial charge in [0.1, 0.15) is 0 Å².